The van der Waals surface area contributed by atoms with E-state index in [9.17, 15) is 14.9 Å². The molecule has 120 valence electrons. The van der Waals surface area contributed by atoms with Crippen LogP contribution < -0.4 is 4.90 Å². The van der Waals surface area contributed by atoms with Crippen molar-refractivity contribution in [1.29, 1.82) is 0 Å². The molecule has 1 N–H and O–H groups in total. The van der Waals surface area contributed by atoms with Crippen LogP contribution in [0.3, 0.4) is 0 Å². The molecule has 0 aromatic heterocycles. The van der Waals surface area contributed by atoms with Crippen molar-refractivity contribution >= 4 is 17.2 Å². The lowest BCUT2D eigenvalue weighted by atomic mass is 10.1. The van der Waals surface area contributed by atoms with Crippen LogP contribution >= 0.6 is 0 Å². The van der Waals surface area contributed by atoms with Gasteiger partial charge < -0.3 is 10.0 Å². The highest BCUT2D eigenvalue weighted by molar-refractivity contribution is 5.95. The van der Waals surface area contributed by atoms with Gasteiger partial charge in [-0.05, 0) is 25.5 Å². The monoisotopic (exact) mass is 307 g/mol. The van der Waals surface area contributed by atoms with Gasteiger partial charge in [0.05, 0.1) is 4.92 Å². The van der Waals surface area contributed by atoms with E-state index in [4.69, 9.17) is 5.11 Å². The number of hydrogen-bond donors (Lipinski definition) is 1. The van der Waals surface area contributed by atoms with E-state index in [0.29, 0.717) is 24.3 Å². The molecule has 0 bridgehead atoms. The Hall–Kier alpha value is -1.99. The maximum atomic E-state index is 11.4. The van der Waals surface area contributed by atoms with Crippen molar-refractivity contribution in [2.45, 2.75) is 13.3 Å². The summed E-state index contributed by atoms with van der Waals surface area (Å²) in [7, 11) is 0. The molecule has 1 heterocycles. The second-order valence-corrected chi connectivity index (χ2v) is 5.42. The molecule has 22 heavy (non-hydrogen) atoms. The first-order valence-electron chi connectivity index (χ1n) is 7.40. The number of aliphatic hydroxyl groups excluding tert-OH is 1. The SMILES string of the molecule is CC(=O)c1ccc(N2CCN(CCCO)CC2)c([N+](=O)[O-])c1. The maximum Gasteiger partial charge on any atom is 0.293 e. The summed E-state index contributed by atoms with van der Waals surface area (Å²) in [6, 6.07) is 4.66. The smallest absolute Gasteiger partial charge is 0.293 e. The van der Waals surface area contributed by atoms with E-state index < -0.39 is 4.92 Å². The number of nitrogens with zero attached hydrogens (tertiary/aromatic N) is 3. The molecule has 7 nitrogen and oxygen atoms in total. The Balaban J connectivity index is 2.12. The highest BCUT2D eigenvalue weighted by atomic mass is 16.6. The molecule has 1 aromatic carbocycles. The van der Waals surface area contributed by atoms with E-state index in [1.165, 1.54) is 13.0 Å². The van der Waals surface area contributed by atoms with Gasteiger partial charge in [-0.25, -0.2) is 0 Å². The van der Waals surface area contributed by atoms with E-state index >= 15 is 0 Å². The van der Waals surface area contributed by atoms with Gasteiger partial charge in [-0.2, -0.15) is 0 Å². The van der Waals surface area contributed by atoms with E-state index in [1.54, 1.807) is 12.1 Å². The Morgan fingerprint density at radius 3 is 2.55 bits per heavy atom. The first kappa shape index (κ1) is 16.4. The number of benzene rings is 1. The van der Waals surface area contributed by atoms with Crippen LogP contribution in [0.25, 0.3) is 0 Å². The van der Waals surface area contributed by atoms with Crippen LogP contribution in [0.5, 0.6) is 0 Å². The molecule has 0 spiro atoms. The van der Waals surface area contributed by atoms with Crippen molar-refractivity contribution in [3.63, 3.8) is 0 Å². The topological polar surface area (TPSA) is 86.9 Å². The van der Waals surface area contributed by atoms with Crippen LogP contribution in [-0.2, 0) is 0 Å². The van der Waals surface area contributed by atoms with Gasteiger partial charge in [-0.15, -0.1) is 0 Å². The third kappa shape index (κ3) is 3.80. The summed E-state index contributed by atoms with van der Waals surface area (Å²) in [5.41, 5.74) is 0.908. The van der Waals surface area contributed by atoms with E-state index in [-0.39, 0.29) is 18.1 Å². The van der Waals surface area contributed by atoms with Gasteiger partial charge >= 0.3 is 0 Å². The summed E-state index contributed by atoms with van der Waals surface area (Å²) in [5, 5.41) is 20.1. The van der Waals surface area contributed by atoms with Crippen molar-refractivity contribution < 1.29 is 14.8 Å². The minimum atomic E-state index is -0.431. The molecule has 0 amide bonds. The molecular formula is C15H21N3O4. The average Bonchev–Trinajstić information content (AvgIpc) is 2.52. The third-order valence-corrected chi connectivity index (χ3v) is 3.92. The summed E-state index contributed by atoms with van der Waals surface area (Å²) < 4.78 is 0. The maximum absolute atomic E-state index is 11.4. The van der Waals surface area contributed by atoms with E-state index in [2.05, 4.69) is 4.90 Å². The highest BCUT2D eigenvalue weighted by Gasteiger charge is 2.24. The quantitative estimate of drug-likeness (QED) is 0.484. The molecule has 0 unspecified atom stereocenters. The summed E-state index contributed by atoms with van der Waals surface area (Å²) in [4.78, 5) is 26.5. The van der Waals surface area contributed by atoms with Crippen LogP contribution in [0, 0.1) is 10.1 Å². The molecular weight excluding hydrogens is 286 g/mol. The Bertz CT molecular complexity index is 554. The summed E-state index contributed by atoms with van der Waals surface area (Å²) in [6.07, 6.45) is 0.744. The van der Waals surface area contributed by atoms with Gasteiger partial charge in [0.15, 0.2) is 5.78 Å². The minimum absolute atomic E-state index is 0.0171. The Kier molecular flexibility index (Phi) is 5.46. The van der Waals surface area contributed by atoms with Gasteiger partial charge in [-0.1, -0.05) is 0 Å². The Morgan fingerprint density at radius 2 is 2.00 bits per heavy atom. The number of aliphatic hydroxyl groups is 1. The molecule has 7 heteroatoms. The minimum Gasteiger partial charge on any atom is -0.396 e. The lowest BCUT2D eigenvalue weighted by molar-refractivity contribution is -0.384. The lowest BCUT2D eigenvalue weighted by Crippen LogP contribution is -2.46. The molecule has 1 aromatic rings. The fourth-order valence-corrected chi connectivity index (χ4v) is 2.66. The van der Waals surface area contributed by atoms with Crippen molar-refractivity contribution in [2.24, 2.45) is 0 Å². The number of rotatable bonds is 6. The number of anilines is 1. The molecule has 0 aliphatic carbocycles. The zero-order valence-electron chi connectivity index (χ0n) is 12.7. The number of piperazine rings is 1. The third-order valence-electron chi connectivity index (χ3n) is 3.92. The molecule has 1 aliphatic heterocycles. The van der Waals surface area contributed by atoms with Gasteiger partial charge in [0.1, 0.15) is 5.69 Å². The fraction of sp³-hybridized carbons (Fsp3) is 0.533. The van der Waals surface area contributed by atoms with Crippen molar-refractivity contribution in [3.8, 4) is 0 Å². The normalized spacial score (nSPS) is 15.8. The lowest BCUT2D eigenvalue weighted by Gasteiger charge is -2.35. The number of carbonyl (C=O) groups is 1. The molecule has 1 aliphatic rings. The van der Waals surface area contributed by atoms with Gasteiger partial charge in [0.2, 0.25) is 0 Å². The Labute approximate surface area is 129 Å². The zero-order chi connectivity index (χ0) is 16.1. The van der Waals surface area contributed by atoms with Gasteiger partial charge in [0.25, 0.3) is 5.69 Å². The molecule has 0 radical (unpaired) electrons. The van der Waals surface area contributed by atoms with Crippen molar-refractivity contribution in [1.82, 2.24) is 4.90 Å². The average molecular weight is 307 g/mol. The second kappa shape index (κ2) is 7.33. The van der Waals surface area contributed by atoms with E-state index in [1.807, 2.05) is 4.90 Å². The standard InChI is InChI=1S/C15H21N3O4/c1-12(20)13-3-4-14(15(11-13)18(21)22)17-8-6-16(7-9-17)5-2-10-19/h3-4,11,19H,2,5-10H2,1H3. The predicted octanol–water partition coefficient (Wildman–Crippen LogP) is 1.30. The summed E-state index contributed by atoms with van der Waals surface area (Å²) in [6.45, 7) is 5.45. The molecule has 1 fully saturated rings. The highest BCUT2D eigenvalue weighted by Crippen LogP contribution is 2.30. The van der Waals surface area contributed by atoms with E-state index in [0.717, 1.165) is 26.1 Å². The number of nitro benzene ring substituents is 1. The van der Waals surface area contributed by atoms with Crippen LogP contribution in [0.4, 0.5) is 11.4 Å². The number of carbonyl (C=O) groups excluding carboxylic acids is 1. The molecule has 1 saturated heterocycles. The first-order chi connectivity index (χ1) is 10.5. The second-order valence-electron chi connectivity index (χ2n) is 5.42. The number of ketones is 1. The molecule has 0 atom stereocenters. The largest absolute Gasteiger partial charge is 0.396 e. The van der Waals surface area contributed by atoms with Crippen molar-refractivity contribution in [3.05, 3.63) is 33.9 Å². The zero-order valence-corrected chi connectivity index (χ0v) is 12.7. The number of Topliss-reactive ketones (excluding diaryl/α,β-unsaturated/α-hetero) is 1. The molecule has 0 saturated carbocycles. The fourth-order valence-electron chi connectivity index (χ4n) is 2.66. The molecule has 2 rings (SSSR count). The van der Waals surface area contributed by atoms with Crippen LogP contribution in [0.15, 0.2) is 18.2 Å². The van der Waals surface area contributed by atoms with Crippen LogP contribution in [0.2, 0.25) is 0 Å². The van der Waals surface area contributed by atoms with Crippen LogP contribution in [-0.4, -0.2) is 60.0 Å². The van der Waals surface area contributed by atoms with Crippen molar-refractivity contribution in [2.75, 3.05) is 44.2 Å². The summed E-state index contributed by atoms with van der Waals surface area (Å²) >= 11 is 0. The summed E-state index contributed by atoms with van der Waals surface area (Å²) in [5.74, 6) is -0.177. The first-order valence-corrected chi connectivity index (χ1v) is 7.40. The predicted molar refractivity (Wildman–Crippen MR) is 83.5 cm³/mol. The van der Waals surface area contributed by atoms with Crippen LogP contribution in [0.1, 0.15) is 23.7 Å². The number of hydrogen-bond acceptors (Lipinski definition) is 6. The van der Waals surface area contributed by atoms with Gasteiger partial charge in [0, 0.05) is 51.0 Å². The number of nitro groups is 1. The Morgan fingerprint density at radius 1 is 1.32 bits per heavy atom. The van der Waals surface area contributed by atoms with Gasteiger partial charge in [-0.3, -0.25) is 19.8 Å².